The fraction of sp³-hybridized carbons (Fsp3) is 1.00. The first kappa shape index (κ1) is 11.9. The van der Waals surface area contributed by atoms with Gasteiger partial charge in [-0.1, -0.05) is 34.1 Å². The van der Waals surface area contributed by atoms with Gasteiger partial charge in [0, 0.05) is 0 Å². The molecule has 2 heteroatoms. The van der Waals surface area contributed by atoms with Crippen molar-refractivity contribution in [2.45, 2.75) is 40.5 Å². The van der Waals surface area contributed by atoms with Gasteiger partial charge in [-0.05, 0) is 18.3 Å². The monoisotopic (exact) mass is 174 g/mol. The van der Waals surface area contributed by atoms with Crippen LogP contribution in [0.15, 0.2) is 0 Å². The van der Waals surface area contributed by atoms with E-state index in [4.69, 9.17) is 9.78 Å². The van der Waals surface area contributed by atoms with Crippen LogP contribution in [-0.2, 0) is 9.78 Å². The highest BCUT2D eigenvalue weighted by atomic mass is 17.2. The molecule has 0 heterocycles. The molecule has 1 atom stereocenters. The molecule has 0 saturated heterocycles. The molecule has 0 aromatic heterocycles. The molecule has 0 aromatic carbocycles. The number of hydrogen-bond acceptors (Lipinski definition) is 2. The van der Waals surface area contributed by atoms with Crippen LogP contribution in [-0.4, -0.2) is 13.2 Å². The molecule has 1 unspecified atom stereocenters. The van der Waals surface area contributed by atoms with Crippen molar-refractivity contribution in [1.82, 2.24) is 0 Å². The zero-order chi connectivity index (χ0) is 9.40. The maximum absolute atomic E-state index is 5.04. The minimum Gasteiger partial charge on any atom is -0.237 e. The van der Waals surface area contributed by atoms with E-state index in [1.54, 1.807) is 0 Å². The van der Waals surface area contributed by atoms with E-state index >= 15 is 0 Å². The van der Waals surface area contributed by atoms with Gasteiger partial charge >= 0.3 is 0 Å². The lowest BCUT2D eigenvalue weighted by Gasteiger charge is -2.09. The first-order valence-electron chi connectivity index (χ1n) is 4.91. The lowest BCUT2D eigenvalue weighted by molar-refractivity contribution is -0.301. The van der Waals surface area contributed by atoms with E-state index in [9.17, 15) is 0 Å². The molecule has 0 bridgehead atoms. The van der Waals surface area contributed by atoms with Crippen LogP contribution in [0.2, 0.25) is 0 Å². The Labute approximate surface area is 76.2 Å². The van der Waals surface area contributed by atoms with Crippen molar-refractivity contribution < 1.29 is 9.78 Å². The summed E-state index contributed by atoms with van der Waals surface area (Å²) in [5.41, 5.74) is 0. The lowest BCUT2D eigenvalue weighted by atomic mass is 10.1. The molecule has 74 valence electrons. The van der Waals surface area contributed by atoms with Gasteiger partial charge in [-0.25, -0.2) is 9.78 Å². The average Bonchev–Trinajstić information content (AvgIpc) is 2.03. The van der Waals surface area contributed by atoms with Gasteiger partial charge in [0.15, 0.2) is 0 Å². The average molecular weight is 174 g/mol. The first-order valence-corrected chi connectivity index (χ1v) is 4.91. The Morgan fingerprint density at radius 1 is 1.08 bits per heavy atom. The van der Waals surface area contributed by atoms with E-state index in [0.29, 0.717) is 25.0 Å². The molecule has 0 fully saturated rings. The minimum absolute atomic E-state index is 0.601. The van der Waals surface area contributed by atoms with Gasteiger partial charge in [-0.15, -0.1) is 0 Å². The molecule has 0 spiro atoms. The molecule has 0 rings (SSSR count). The normalized spacial score (nSPS) is 13.8. The fourth-order valence-corrected chi connectivity index (χ4v) is 0.625. The summed E-state index contributed by atoms with van der Waals surface area (Å²) in [6.45, 7) is 10.1. The first-order chi connectivity index (χ1) is 5.66. The van der Waals surface area contributed by atoms with Crippen LogP contribution in [0.25, 0.3) is 0 Å². The zero-order valence-electron chi connectivity index (χ0n) is 8.80. The smallest absolute Gasteiger partial charge is 0.0847 e. The van der Waals surface area contributed by atoms with Crippen LogP contribution < -0.4 is 0 Å². The second kappa shape index (κ2) is 7.56. The summed E-state index contributed by atoms with van der Waals surface area (Å²) in [5.74, 6) is 1.29. The highest BCUT2D eigenvalue weighted by molar-refractivity contribution is 4.44. The van der Waals surface area contributed by atoms with E-state index < -0.39 is 0 Å². The van der Waals surface area contributed by atoms with E-state index in [1.807, 2.05) is 0 Å². The van der Waals surface area contributed by atoms with Gasteiger partial charge in [0.05, 0.1) is 13.2 Å². The van der Waals surface area contributed by atoms with Crippen molar-refractivity contribution in [2.75, 3.05) is 13.2 Å². The Morgan fingerprint density at radius 2 is 1.75 bits per heavy atom. The Morgan fingerprint density at radius 3 is 2.25 bits per heavy atom. The zero-order valence-corrected chi connectivity index (χ0v) is 8.80. The molecule has 0 aliphatic rings. The maximum Gasteiger partial charge on any atom is 0.0847 e. The maximum atomic E-state index is 5.04. The van der Waals surface area contributed by atoms with Crippen LogP contribution in [0.5, 0.6) is 0 Å². The molecular weight excluding hydrogens is 152 g/mol. The largest absolute Gasteiger partial charge is 0.237 e. The van der Waals surface area contributed by atoms with Crippen LogP contribution in [0.4, 0.5) is 0 Å². The standard InChI is InChI=1S/C10H22O2/c1-5-10(4)8-12-11-7-6-9(2)3/h9-10H,5-8H2,1-4H3. The summed E-state index contributed by atoms with van der Waals surface area (Å²) in [7, 11) is 0. The predicted octanol–water partition coefficient (Wildman–Crippen LogP) is 3.03. The third-order valence-corrected chi connectivity index (χ3v) is 1.91. The highest BCUT2D eigenvalue weighted by Crippen LogP contribution is 2.02. The summed E-state index contributed by atoms with van der Waals surface area (Å²) in [6.07, 6.45) is 2.22. The fourth-order valence-electron chi connectivity index (χ4n) is 0.625. The van der Waals surface area contributed by atoms with Gasteiger partial charge in [0.1, 0.15) is 0 Å². The Kier molecular flexibility index (Phi) is 7.51. The van der Waals surface area contributed by atoms with Gasteiger partial charge in [0.25, 0.3) is 0 Å². The summed E-state index contributed by atoms with van der Waals surface area (Å²) in [4.78, 5) is 10.1. The summed E-state index contributed by atoms with van der Waals surface area (Å²) >= 11 is 0. The molecule has 12 heavy (non-hydrogen) atoms. The Bertz CT molecular complexity index is 91.8. The minimum atomic E-state index is 0.601. The van der Waals surface area contributed by atoms with Crippen LogP contribution in [0, 0.1) is 11.8 Å². The molecule has 0 aliphatic carbocycles. The Hall–Kier alpha value is -0.0800. The quantitative estimate of drug-likeness (QED) is 0.335. The van der Waals surface area contributed by atoms with Crippen LogP contribution >= 0.6 is 0 Å². The van der Waals surface area contributed by atoms with Crippen molar-refractivity contribution in [3.05, 3.63) is 0 Å². The van der Waals surface area contributed by atoms with Crippen molar-refractivity contribution in [3.63, 3.8) is 0 Å². The molecule has 0 saturated carbocycles. The lowest BCUT2D eigenvalue weighted by Crippen LogP contribution is -2.07. The molecule has 0 aliphatic heterocycles. The second-order valence-electron chi connectivity index (χ2n) is 3.80. The molecule has 2 nitrogen and oxygen atoms in total. The number of hydrogen-bond donors (Lipinski definition) is 0. The van der Waals surface area contributed by atoms with Crippen molar-refractivity contribution in [2.24, 2.45) is 11.8 Å². The molecule has 0 N–H and O–H groups in total. The van der Waals surface area contributed by atoms with Gasteiger partial charge in [-0.3, -0.25) is 0 Å². The molecular formula is C10H22O2. The second-order valence-corrected chi connectivity index (χ2v) is 3.80. The van der Waals surface area contributed by atoms with Gasteiger partial charge in [-0.2, -0.15) is 0 Å². The summed E-state index contributed by atoms with van der Waals surface area (Å²) < 4.78 is 0. The Balaban J connectivity index is 3.00. The summed E-state index contributed by atoms with van der Waals surface area (Å²) in [6, 6.07) is 0. The highest BCUT2D eigenvalue weighted by Gasteiger charge is 1.99. The summed E-state index contributed by atoms with van der Waals surface area (Å²) in [5, 5.41) is 0. The molecule has 0 radical (unpaired) electrons. The predicted molar refractivity (Wildman–Crippen MR) is 50.8 cm³/mol. The third-order valence-electron chi connectivity index (χ3n) is 1.91. The van der Waals surface area contributed by atoms with Crippen LogP contribution in [0.1, 0.15) is 40.5 Å². The van der Waals surface area contributed by atoms with Gasteiger partial charge < -0.3 is 0 Å². The van der Waals surface area contributed by atoms with Crippen molar-refractivity contribution in [1.29, 1.82) is 0 Å². The van der Waals surface area contributed by atoms with E-state index in [-0.39, 0.29) is 0 Å². The third kappa shape index (κ3) is 8.02. The van der Waals surface area contributed by atoms with Gasteiger partial charge in [0.2, 0.25) is 0 Å². The van der Waals surface area contributed by atoms with Crippen molar-refractivity contribution >= 4 is 0 Å². The van der Waals surface area contributed by atoms with E-state index in [0.717, 1.165) is 12.8 Å². The molecule has 0 aromatic rings. The van der Waals surface area contributed by atoms with Crippen molar-refractivity contribution in [3.8, 4) is 0 Å². The van der Waals surface area contributed by atoms with Crippen LogP contribution in [0.3, 0.4) is 0 Å². The number of rotatable bonds is 7. The molecule has 0 amide bonds. The van der Waals surface area contributed by atoms with E-state index in [1.165, 1.54) is 0 Å². The SMILES string of the molecule is CCC(C)COOCCC(C)C. The topological polar surface area (TPSA) is 18.5 Å². The van der Waals surface area contributed by atoms with E-state index in [2.05, 4.69) is 27.7 Å².